The first-order valence-electron chi connectivity index (χ1n) is 6.86. The van der Waals surface area contributed by atoms with Gasteiger partial charge in [-0.1, -0.05) is 30.2 Å². The van der Waals surface area contributed by atoms with Crippen molar-refractivity contribution in [1.82, 2.24) is 4.90 Å². The molecule has 1 saturated carbocycles. The summed E-state index contributed by atoms with van der Waals surface area (Å²) in [6.07, 6.45) is 4.46. The molecule has 0 aromatic heterocycles. The molecule has 1 aromatic rings. The maximum Gasteiger partial charge on any atom is 0.226 e. The standard InChI is InChI=1S/C16H23NO/c1-12-7-8-13(2)15(9-12)10-16(18)17(3)11-14-5-4-6-14/h7-9,14H,4-6,10-11H2,1-3H3. The van der Waals surface area contributed by atoms with Gasteiger partial charge in [-0.15, -0.1) is 0 Å². The van der Waals surface area contributed by atoms with Crippen molar-refractivity contribution in [2.45, 2.75) is 39.5 Å². The van der Waals surface area contributed by atoms with Crippen LogP contribution in [0.4, 0.5) is 0 Å². The highest BCUT2D eigenvalue weighted by molar-refractivity contribution is 5.79. The van der Waals surface area contributed by atoms with Crippen molar-refractivity contribution in [2.75, 3.05) is 13.6 Å². The zero-order chi connectivity index (χ0) is 13.1. The van der Waals surface area contributed by atoms with Gasteiger partial charge < -0.3 is 4.90 Å². The largest absolute Gasteiger partial charge is 0.345 e. The molecule has 0 radical (unpaired) electrons. The van der Waals surface area contributed by atoms with Crippen molar-refractivity contribution >= 4 is 5.91 Å². The normalized spacial score (nSPS) is 15.3. The van der Waals surface area contributed by atoms with Crippen LogP contribution >= 0.6 is 0 Å². The molecule has 0 aliphatic heterocycles. The number of amides is 1. The zero-order valence-corrected chi connectivity index (χ0v) is 11.7. The molecule has 98 valence electrons. The maximum absolute atomic E-state index is 12.2. The lowest BCUT2D eigenvalue weighted by atomic mass is 9.85. The van der Waals surface area contributed by atoms with Crippen LogP contribution in [0.2, 0.25) is 0 Å². The van der Waals surface area contributed by atoms with E-state index in [4.69, 9.17) is 0 Å². The van der Waals surface area contributed by atoms with Crippen LogP contribution in [-0.2, 0) is 11.2 Å². The molecule has 1 amide bonds. The van der Waals surface area contributed by atoms with Gasteiger partial charge in [-0.05, 0) is 43.7 Å². The van der Waals surface area contributed by atoms with Crippen LogP contribution < -0.4 is 0 Å². The van der Waals surface area contributed by atoms with Gasteiger partial charge in [-0.25, -0.2) is 0 Å². The number of likely N-dealkylation sites (N-methyl/N-ethyl adjacent to an activating group) is 1. The monoisotopic (exact) mass is 245 g/mol. The van der Waals surface area contributed by atoms with E-state index in [0.717, 1.165) is 12.5 Å². The van der Waals surface area contributed by atoms with Crippen LogP contribution in [-0.4, -0.2) is 24.4 Å². The molecule has 0 N–H and O–H groups in total. The van der Waals surface area contributed by atoms with E-state index in [1.54, 1.807) is 0 Å². The minimum Gasteiger partial charge on any atom is -0.345 e. The minimum atomic E-state index is 0.246. The molecule has 2 heteroatoms. The van der Waals surface area contributed by atoms with Crippen molar-refractivity contribution in [1.29, 1.82) is 0 Å². The molecule has 18 heavy (non-hydrogen) atoms. The Hall–Kier alpha value is -1.31. The van der Waals surface area contributed by atoms with Crippen molar-refractivity contribution in [2.24, 2.45) is 5.92 Å². The Morgan fingerprint density at radius 2 is 2.06 bits per heavy atom. The third-order valence-corrected chi connectivity index (χ3v) is 4.03. The first-order chi connectivity index (χ1) is 8.56. The van der Waals surface area contributed by atoms with Gasteiger partial charge in [0, 0.05) is 13.6 Å². The molecule has 0 bridgehead atoms. The molecule has 1 aromatic carbocycles. The van der Waals surface area contributed by atoms with E-state index < -0.39 is 0 Å². The van der Waals surface area contributed by atoms with Crippen molar-refractivity contribution in [3.8, 4) is 0 Å². The van der Waals surface area contributed by atoms with Crippen LogP contribution in [0.3, 0.4) is 0 Å². The summed E-state index contributed by atoms with van der Waals surface area (Å²) in [7, 11) is 1.94. The molecule has 0 heterocycles. The predicted molar refractivity (Wildman–Crippen MR) is 74.6 cm³/mol. The van der Waals surface area contributed by atoms with Gasteiger partial charge >= 0.3 is 0 Å². The Morgan fingerprint density at radius 1 is 1.33 bits per heavy atom. The molecular formula is C16H23NO. The van der Waals surface area contributed by atoms with E-state index in [9.17, 15) is 4.79 Å². The molecule has 1 aliphatic carbocycles. The van der Waals surface area contributed by atoms with E-state index in [1.165, 1.54) is 36.0 Å². The first kappa shape index (κ1) is 13.1. The number of carbonyl (C=O) groups is 1. The van der Waals surface area contributed by atoms with Crippen LogP contribution in [0.5, 0.6) is 0 Å². The molecule has 2 nitrogen and oxygen atoms in total. The van der Waals surface area contributed by atoms with Gasteiger partial charge in [0.05, 0.1) is 6.42 Å². The molecule has 0 unspecified atom stereocenters. The van der Waals surface area contributed by atoms with Crippen LogP contribution in [0.1, 0.15) is 36.0 Å². The Kier molecular flexibility index (Phi) is 4.05. The van der Waals surface area contributed by atoms with Gasteiger partial charge in [0.2, 0.25) is 5.91 Å². The summed E-state index contributed by atoms with van der Waals surface area (Å²) in [6, 6.07) is 6.33. The number of hydrogen-bond donors (Lipinski definition) is 0. The highest BCUT2D eigenvalue weighted by Gasteiger charge is 2.21. The number of carbonyl (C=O) groups excluding carboxylic acids is 1. The average Bonchev–Trinajstić information content (AvgIpc) is 2.28. The van der Waals surface area contributed by atoms with Crippen molar-refractivity contribution in [3.63, 3.8) is 0 Å². The summed E-state index contributed by atoms with van der Waals surface area (Å²) in [6.45, 7) is 5.09. The van der Waals surface area contributed by atoms with Gasteiger partial charge in [-0.2, -0.15) is 0 Å². The second-order valence-corrected chi connectivity index (χ2v) is 5.68. The van der Waals surface area contributed by atoms with Gasteiger partial charge in [0.15, 0.2) is 0 Å². The molecule has 1 fully saturated rings. The average molecular weight is 245 g/mol. The van der Waals surface area contributed by atoms with E-state index in [0.29, 0.717) is 6.42 Å². The van der Waals surface area contributed by atoms with E-state index in [-0.39, 0.29) is 5.91 Å². The third kappa shape index (κ3) is 3.12. The minimum absolute atomic E-state index is 0.246. The molecule has 1 aliphatic rings. The Balaban J connectivity index is 1.94. The van der Waals surface area contributed by atoms with Gasteiger partial charge in [0.25, 0.3) is 0 Å². The lowest BCUT2D eigenvalue weighted by molar-refractivity contribution is -0.130. The van der Waals surface area contributed by atoms with Crippen LogP contribution in [0.25, 0.3) is 0 Å². The Morgan fingerprint density at radius 3 is 2.67 bits per heavy atom. The molecule has 0 saturated heterocycles. The fourth-order valence-corrected chi connectivity index (χ4v) is 2.45. The zero-order valence-electron chi connectivity index (χ0n) is 11.7. The maximum atomic E-state index is 12.2. The molecule has 2 rings (SSSR count). The van der Waals surface area contributed by atoms with Crippen molar-refractivity contribution in [3.05, 3.63) is 34.9 Å². The highest BCUT2D eigenvalue weighted by Crippen LogP contribution is 2.26. The summed E-state index contributed by atoms with van der Waals surface area (Å²) in [5.74, 6) is 0.994. The third-order valence-electron chi connectivity index (χ3n) is 4.03. The van der Waals surface area contributed by atoms with E-state index >= 15 is 0 Å². The number of aryl methyl sites for hydroxylation is 2. The number of hydrogen-bond acceptors (Lipinski definition) is 1. The highest BCUT2D eigenvalue weighted by atomic mass is 16.2. The van der Waals surface area contributed by atoms with Crippen LogP contribution in [0, 0.1) is 19.8 Å². The first-order valence-corrected chi connectivity index (χ1v) is 6.86. The Labute approximate surface area is 110 Å². The lowest BCUT2D eigenvalue weighted by Crippen LogP contribution is -2.35. The summed E-state index contributed by atoms with van der Waals surface area (Å²) in [5, 5.41) is 0. The van der Waals surface area contributed by atoms with E-state index in [2.05, 4.69) is 32.0 Å². The van der Waals surface area contributed by atoms with Crippen molar-refractivity contribution < 1.29 is 4.79 Å². The lowest BCUT2D eigenvalue weighted by Gasteiger charge is -2.30. The smallest absolute Gasteiger partial charge is 0.226 e. The predicted octanol–water partition coefficient (Wildman–Crippen LogP) is 3.10. The molecule has 0 spiro atoms. The van der Waals surface area contributed by atoms with Gasteiger partial charge in [-0.3, -0.25) is 4.79 Å². The fraction of sp³-hybridized carbons (Fsp3) is 0.562. The summed E-state index contributed by atoms with van der Waals surface area (Å²) in [4.78, 5) is 14.1. The fourth-order valence-electron chi connectivity index (χ4n) is 2.45. The Bertz CT molecular complexity index is 435. The topological polar surface area (TPSA) is 20.3 Å². The summed E-state index contributed by atoms with van der Waals surface area (Å²) < 4.78 is 0. The SMILES string of the molecule is Cc1ccc(C)c(CC(=O)N(C)CC2CCC2)c1. The number of benzene rings is 1. The van der Waals surface area contributed by atoms with E-state index in [1.807, 2.05) is 11.9 Å². The summed E-state index contributed by atoms with van der Waals surface area (Å²) in [5.41, 5.74) is 3.61. The van der Waals surface area contributed by atoms with Gasteiger partial charge in [0.1, 0.15) is 0 Å². The molecule has 0 atom stereocenters. The number of rotatable bonds is 4. The second kappa shape index (κ2) is 5.55. The molecular weight excluding hydrogens is 222 g/mol. The quantitative estimate of drug-likeness (QED) is 0.798. The number of nitrogens with zero attached hydrogens (tertiary/aromatic N) is 1. The van der Waals surface area contributed by atoms with Crippen LogP contribution in [0.15, 0.2) is 18.2 Å². The summed E-state index contributed by atoms with van der Waals surface area (Å²) >= 11 is 0. The second-order valence-electron chi connectivity index (χ2n) is 5.68.